The molecule has 78 valence electrons. The minimum absolute atomic E-state index is 0.505. The Bertz CT molecular complexity index is 516. The van der Waals surface area contributed by atoms with Gasteiger partial charge < -0.3 is 5.73 Å². The van der Waals surface area contributed by atoms with Crippen molar-refractivity contribution in [2.75, 3.05) is 5.73 Å². The van der Waals surface area contributed by atoms with E-state index < -0.39 is 0 Å². The molecule has 6 heteroatoms. The van der Waals surface area contributed by atoms with Crippen molar-refractivity contribution in [3.05, 3.63) is 10.0 Å². The minimum atomic E-state index is 0.505. The Morgan fingerprint density at radius 3 is 2.87 bits per heavy atom. The molecule has 0 spiro atoms. The average Bonchev–Trinajstić information content (AvgIpc) is 2.43. The van der Waals surface area contributed by atoms with Crippen LogP contribution >= 0.6 is 22.6 Å². The molecule has 5 nitrogen and oxygen atoms in total. The first kappa shape index (κ1) is 9.32. The first-order chi connectivity index (χ1) is 7.27. The zero-order valence-corrected chi connectivity index (χ0v) is 10.2. The number of aromatic nitrogens is 4. The molecule has 2 aromatic heterocycles. The molecule has 0 saturated heterocycles. The van der Waals surface area contributed by atoms with E-state index in [2.05, 4.69) is 37.7 Å². The van der Waals surface area contributed by atoms with Gasteiger partial charge in [0.2, 0.25) is 0 Å². The molecule has 1 saturated carbocycles. The summed E-state index contributed by atoms with van der Waals surface area (Å²) in [7, 11) is 0. The average molecular weight is 315 g/mol. The summed E-state index contributed by atoms with van der Waals surface area (Å²) >= 11 is 2.19. The van der Waals surface area contributed by atoms with E-state index in [9.17, 15) is 0 Å². The van der Waals surface area contributed by atoms with Gasteiger partial charge in [-0.1, -0.05) is 0 Å². The van der Waals surface area contributed by atoms with Crippen LogP contribution in [-0.2, 0) is 0 Å². The van der Waals surface area contributed by atoms with Gasteiger partial charge in [-0.2, -0.15) is 5.10 Å². The molecule has 1 aliphatic rings. The predicted octanol–water partition coefficient (Wildman–Crippen LogP) is 1.74. The van der Waals surface area contributed by atoms with Gasteiger partial charge in [-0.3, -0.25) is 0 Å². The Balaban J connectivity index is 2.27. The molecule has 2 aromatic rings. The fourth-order valence-corrected chi connectivity index (χ4v) is 2.59. The molecule has 2 N–H and O–H groups in total. The summed E-state index contributed by atoms with van der Waals surface area (Å²) in [4.78, 5) is 8.26. The first-order valence-electron chi connectivity index (χ1n) is 4.91. The maximum absolute atomic E-state index is 5.82. The van der Waals surface area contributed by atoms with E-state index in [0.717, 1.165) is 14.7 Å². The Morgan fingerprint density at radius 2 is 2.20 bits per heavy atom. The highest BCUT2D eigenvalue weighted by Gasteiger charge is 2.24. The van der Waals surface area contributed by atoms with Crippen LogP contribution in [0.15, 0.2) is 6.33 Å². The van der Waals surface area contributed by atoms with E-state index in [1.54, 1.807) is 0 Å². The topological polar surface area (TPSA) is 69.6 Å². The summed E-state index contributed by atoms with van der Waals surface area (Å²) in [5.41, 5.74) is 6.69. The third kappa shape index (κ3) is 1.30. The summed E-state index contributed by atoms with van der Waals surface area (Å²) in [5, 5.41) is 5.39. The molecule has 0 radical (unpaired) electrons. The van der Waals surface area contributed by atoms with Gasteiger partial charge in [0.05, 0.1) is 11.4 Å². The van der Waals surface area contributed by atoms with Gasteiger partial charge in [0.15, 0.2) is 5.65 Å². The van der Waals surface area contributed by atoms with Crippen molar-refractivity contribution in [1.29, 1.82) is 0 Å². The lowest BCUT2D eigenvalue weighted by Crippen LogP contribution is -2.18. The van der Waals surface area contributed by atoms with E-state index in [1.807, 2.05) is 4.68 Å². The Labute approximate surface area is 100 Å². The predicted molar refractivity (Wildman–Crippen MR) is 65.3 cm³/mol. The number of nitrogens with two attached hydrogens (primary N) is 1. The number of hydrogen-bond donors (Lipinski definition) is 1. The van der Waals surface area contributed by atoms with Gasteiger partial charge in [-0.15, -0.1) is 0 Å². The van der Waals surface area contributed by atoms with Gasteiger partial charge in [0.1, 0.15) is 15.8 Å². The zero-order valence-electron chi connectivity index (χ0n) is 8.02. The van der Waals surface area contributed by atoms with Crippen LogP contribution in [0.5, 0.6) is 0 Å². The van der Waals surface area contributed by atoms with E-state index in [0.29, 0.717) is 11.9 Å². The largest absolute Gasteiger partial charge is 0.383 e. The summed E-state index contributed by atoms with van der Waals surface area (Å²) < 4.78 is 2.89. The minimum Gasteiger partial charge on any atom is -0.383 e. The summed E-state index contributed by atoms with van der Waals surface area (Å²) in [6.45, 7) is 0. The number of fused-ring (bicyclic) bond motifs is 1. The van der Waals surface area contributed by atoms with Gasteiger partial charge in [0.25, 0.3) is 0 Å². The highest BCUT2D eigenvalue weighted by atomic mass is 127. The van der Waals surface area contributed by atoms with E-state index in [4.69, 9.17) is 5.73 Å². The van der Waals surface area contributed by atoms with Crippen LogP contribution in [0.1, 0.15) is 25.3 Å². The maximum atomic E-state index is 5.82. The Morgan fingerprint density at radius 1 is 1.40 bits per heavy atom. The molecule has 1 aliphatic carbocycles. The lowest BCUT2D eigenvalue weighted by molar-refractivity contribution is 0.295. The standard InChI is InChI=1S/C9H10IN5/c10-7-6-8(11)12-4-13-9(6)15(14-7)5-2-1-3-5/h4-5H,1-3H2,(H2,11,12,13). The monoisotopic (exact) mass is 315 g/mol. The van der Waals surface area contributed by atoms with Gasteiger partial charge in [-0.05, 0) is 41.9 Å². The number of rotatable bonds is 1. The van der Waals surface area contributed by atoms with Crippen LogP contribution < -0.4 is 5.73 Å². The zero-order chi connectivity index (χ0) is 10.4. The molecule has 0 aliphatic heterocycles. The quantitative estimate of drug-likeness (QED) is 0.814. The highest BCUT2D eigenvalue weighted by molar-refractivity contribution is 14.1. The number of nitrogen functional groups attached to an aromatic ring is 1. The summed E-state index contributed by atoms with van der Waals surface area (Å²) in [5.74, 6) is 0.523. The van der Waals surface area contributed by atoms with Gasteiger partial charge in [0, 0.05) is 0 Å². The van der Waals surface area contributed by atoms with Crippen molar-refractivity contribution in [1.82, 2.24) is 19.7 Å². The summed E-state index contributed by atoms with van der Waals surface area (Å²) in [6.07, 6.45) is 5.17. The van der Waals surface area contributed by atoms with Gasteiger partial charge >= 0.3 is 0 Å². The third-order valence-electron chi connectivity index (χ3n) is 2.90. The molecule has 0 unspecified atom stereocenters. The normalized spacial score (nSPS) is 16.9. The molecule has 1 fully saturated rings. The van der Waals surface area contributed by atoms with Crippen LogP contribution in [0, 0.1) is 3.70 Å². The second-order valence-corrected chi connectivity index (χ2v) is 4.80. The number of halogens is 1. The fourth-order valence-electron chi connectivity index (χ4n) is 1.84. The summed E-state index contributed by atoms with van der Waals surface area (Å²) in [6, 6.07) is 0.505. The van der Waals surface area contributed by atoms with Crippen molar-refractivity contribution in [2.24, 2.45) is 0 Å². The van der Waals surface area contributed by atoms with Crippen LogP contribution in [0.3, 0.4) is 0 Å². The maximum Gasteiger partial charge on any atom is 0.164 e. The molecule has 3 rings (SSSR count). The SMILES string of the molecule is Nc1ncnc2c1c(I)nn2C1CCC1. The lowest BCUT2D eigenvalue weighted by Gasteiger charge is -2.25. The van der Waals surface area contributed by atoms with Crippen molar-refractivity contribution < 1.29 is 0 Å². The number of hydrogen-bond acceptors (Lipinski definition) is 4. The van der Waals surface area contributed by atoms with Crippen molar-refractivity contribution in [2.45, 2.75) is 25.3 Å². The molecule has 0 atom stereocenters. The molecule has 2 heterocycles. The fraction of sp³-hybridized carbons (Fsp3) is 0.444. The van der Waals surface area contributed by atoms with Crippen LogP contribution in [0.4, 0.5) is 5.82 Å². The second-order valence-electron chi connectivity index (χ2n) is 3.78. The molecule has 0 aromatic carbocycles. The third-order valence-corrected chi connectivity index (χ3v) is 3.65. The molecule has 0 amide bonds. The van der Waals surface area contributed by atoms with Crippen molar-refractivity contribution in [3.8, 4) is 0 Å². The van der Waals surface area contributed by atoms with Crippen LogP contribution in [0.2, 0.25) is 0 Å². The van der Waals surface area contributed by atoms with E-state index >= 15 is 0 Å². The van der Waals surface area contributed by atoms with Crippen molar-refractivity contribution >= 4 is 39.4 Å². The van der Waals surface area contributed by atoms with Crippen LogP contribution in [-0.4, -0.2) is 19.7 Å². The van der Waals surface area contributed by atoms with Crippen molar-refractivity contribution in [3.63, 3.8) is 0 Å². The number of nitrogens with zero attached hydrogens (tertiary/aromatic N) is 4. The molecule has 0 bridgehead atoms. The Hall–Kier alpha value is -0.920. The smallest absolute Gasteiger partial charge is 0.164 e. The highest BCUT2D eigenvalue weighted by Crippen LogP contribution is 2.34. The lowest BCUT2D eigenvalue weighted by atomic mass is 9.93. The van der Waals surface area contributed by atoms with Gasteiger partial charge in [-0.25, -0.2) is 14.6 Å². The first-order valence-corrected chi connectivity index (χ1v) is 5.99. The molecular formula is C9H10IN5. The number of anilines is 1. The molecular weight excluding hydrogens is 305 g/mol. The van der Waals surface area contributed by atoms with Crippen LogP contribution in [0.25, 0.3) is 11.0 Å². The Kier molecular flexibility index (Phi) is 2.04. The molecule has 15 heavy (non-hydrogen) atoms. The second kappa shape index (κ2) is 3.29. The van der Waals surface area contributed by atoms with E-state index in [1.165, 1.54) is 25.6 Å². The van der Waals surface area contributed by atoms with E-state index in [-0.39, 0.29) is 0 Å².